The molecule has 0 heterocycles. The van der Waals surface area contributed by atoms with Crippen LogP contribution in [0.2, 0.25) is 10.0 Å². The Bertz CT molecular complexity index is 1380. The molecule has 7 nitrogen and oxygen atoms in total. The Balaban J connectivity index is 2.06. The number of amides is 2. The van der Waals surface area contributed by atoms with Crippen molar-refractivity contribution in [1.29, 1.82) is 0 Å². The maximum atomic E-state index is 13.9. The Morgan fingerprint density at radius 2 is 1.63 bits per heavy atom. The molecular weight excluding hydrogens is 545 g/mol. The van der Waals surface area contributed by atoms with Gasteiger partial charge in [-0.05, 0) is 61.7 Å². The normalized spacial score (nSPS) is 12.0. The van der Waals surface area contributed by atoms with Gasteiger partial charge in [-0.25, -0.2) is 8.42 Å². The average Bonchev–Trinajstić information content (AvgIpc) is 2.91. The highest BCUT2D eigenvalue weighted by atomic mass is 35.5. The second-order valence-corrected chi connectivity index (χ2v) is 11.5. The van der Waals surface area contributed by atoms with E-state index in [9.17, 15) is 18.0 Å². The van der Waals surface area contributed by atoms with Crippen molar-refractivity contribution in [2.75, 3.05) is 17.4 Å². The second-order valence-electron chi connectivity index (χ2n) is 8.84. The number of rotatable bonds is 11. The Morgan fingerprint density at radius 3 is 2.29 bits per heavy atom. The topological polar surface area (TPSA) is 86.8 Å². The quantitative estimate of drug-likeness (QED) is 0.330. The molecule has 0 saturated heterocycles. The first-order chi connectivity index (χ1) is 18.1. The summed E-state index contributed by atoms with van der Waals surface area (Å²) in [5, 5.41) is 3.57. The molecule has 38 heavy (non-hydrogen) atoms. The highest BCUT2D eigenvalue weighted by molar-refractivity contribution is 7.92. The van der Waals surface area contributed by atoms with Gasteiger partial charge in [0, 0.05) is 23.1 Å². The van der Waals surface area contributed by atoms with Crippen LogP contribution in [0.5, 0.6) is 0 Å². The van der Waals surface area contributed by atoms with Crippen molar-refractivity contribution >= 4 is 50.7 Å². The van der Waals surface area contributed by atoms with E-state index in [4.69, 9.17) is 23.2 Å². The lowest BCUT2D eigenvalue weighted by Gasteiger charge is -2.32. The van der Waals surface area contributed by atoms with Crippen LogP contribution in [0, 0.1) is 6.92 Å². The van der Waals surface area contributed by atoms with Gasteiger partial charge in [0.05, 0.1) is 10.6 Å². The molecule has 0 spiro atoms. The largest absolute Gasteiger partial charge is 0.354 e. The van der Waals surface area contributed by atoms with E-state index in [1.54, 1.807) is 68.4 Å². The Morgan fingerprint density at radius 1 is 0.974 bits per heavy atom. The standard InChI is InChI=1S/C28H31Cl2N3O4S/c1-4-16-31-28(35)21(3)32(18-22-10-8-9-13-25(22)30)27(34)19-33(26-17-23(29)15-14-20(26)2)38(36,37)24-11-6-5-7-12-24/h5-15,17,21H,4,16,18-19H2,1-3H3,(H,31,35)/t21-/m0/s1. The van der Waals surface area contributed by atoms with E-state index in [1.165, 1.54) is 23.1 Å². The molecule has 0 radical (unpaired) electrons. The van der Waals surface area contributed by atoms with E-state index in [2.05, 4.69) is 5.32 Å². The number of anilines is 1. The first-order valence-corrected chi connectivity index (χ1v) is 14.4. The average molecular weight is 577 g/mol. The van der Waals surface area contributed by atoms with Crippen molar-refractivity contribution < 1.29 is 18.0 Å². The number of hydrogen-bond acceptors (Lipinski definition) is 4. The molecule has 2 amide bonds. The number of nitrogens with one attached hydrogen (secondary N) is 1. The summed E-state index contributed by atoms with van der Waals surface area (Å²) in [5.74, 6) is -0.911. The fourth-order valence-electron chi connectivity index (χ4n) is 3.87. The lowest BCUT2D eigenvalue weighted by atomic mass is 10.1. The van der Waals surface area contributed by atoms with Crippen molar-refractivity contribution in [2.24, 2.45) is 0 Å². The third-order valence-electron chi connectivity index (χ3n) is 6.07. The zero-order chi connectivity index (χ0) is 27.9. The van der Waals surface area contributed by atoms with Gasteiger partial charge in [0.2, 0.25) is 11.8 Å². The van der Waals surface area contributed by atoms with Crippen LogP contribution in [0.1, 0.15) is 31.4 Å². The predicted octanol–water partition coefficient (Wildman–Crippen LogP) is 5.44. The lowest BCUT2D eigenvalue weighted by molar-refractivity contribution is -0.139. The minimum Gasteiger partial charge on any atom is -0.354 e. The molecule has 1 N–H and O–H groups in total. The van der Waals surface area contributed by atoms with Crippen molar-refractivity contribution in [3.05, 3.63) is 94.0 Å². The van der Waals surface area contributed by atoms with Crippen LogP contribution in [-0.4, -0.2) is 44.3 Å². The SMILES string of the molecule is CCCNC(=O)[C@H](C)N(Cc1ccccc1Cl)C(=O)CN(c1cc(Cl)ccc1C)S(=O)(=O)c1ccccc1. The Hall–Kier alpha value is -3.07. The fourth-order valence-corrected chi connectivity index (χ4v) is 5.73. The van der Waals surface area contributed by atoms with Crippen LogP contribution in [0.25, 0.3) is 0 Å². The van der Waals surface area contributed by atoms with Crippen molar-refractivity contribution in [3.63, 3.8) is 0 Å². The van der Waals surface area contributed by atoms with Crippen molar-refractivity contribution in [3.8, 4) is 0 Å². The summed E-state index contributed by atoms with van der Waals surface area (Å²) in [6.45, 7) is 5.21. The van der Waals surface area contributed by atoms with E-state index in [0.29, 0.717) is 27.7 Å². The molecule has 3 rings (SSSR count). The van der Waals surface area contributed by atoms with E-state index in [0.717, 1.165) is 10.7 Å². The fraction of sp³-hybridized carbons (Fsp3) is 0.286. The van der Waals surface area contributed by atoms with Gasteiger partial charge in [-0.15, -0.1) is 0 Å². The van der Waals surface area contributed by atoms with Crippen molar-refractivity contribution in [1.82, 2.24) is 10.2 Å². The third-order valence-corrected chi connectivity index (χ3v) is 8.44. The van der Waals surface area contributed by atoms with E-state index in [-0.39, 0.29) is 23.0 Å². The summed E-state index contributed by atoms with van der Waals surface area (Å²) in [5.41, 5.74) is 1.53. The number of carbonyl (C=O) groups excluding carboxylic acids is 2. The van der Waals surface area contributed by atoms with Gasteiger partial charge in [0.25, 0.3) is 10.0 Å². The summed E-state index contributed by atoms with van der Waals surface area (Å²) in [6.07, 6.45) is 0.730. The lowest BCUT2D eigenvalue weighted by Crippen LogP contribution is -2.51. The molecule has 0 fully saturated rings. The maximum absolute atomic E-state index is 13.9. The van der Waals surface area contributed by atoms with E-state index in [1.807, 2.05) is 6.92 Å². The summed E-state index contributed by atoms with van der Waals surface area (Å²) < 4.78 is 28.7. The molecule has 0 aromatic heterocycles. The first kappa shape index (κ1) is 29.5. The molecule has 3 aromatic carbocycles. The molecule has 0 unspecified atom stereocenters. The molecule has 3 aromatic rings. The highest BCUT2D eigenvalue weighted by Gasteiger charge is 2.33. The second kappa shape index (κ2) is 13.1. The molecule has 0 aliphatic heterocycles. The molecule has 0 aliphatic carbocycles. The minimum atomic E-state index is -4.16. The van der Waals surface area contributed by atoms with Crippen LogP contribution in [0.15, 0.2) is 77.7 Å². The molecule has 0 saturated carbocycles. The minimum absolute atomic E-state index is 0.0208. The van der Waals surface area contributed by atoms with Crippen molar-refractivity contribution in [2.45, 2.75) is 44.7 Å². The van der Waals surface area contributed by atoms with Crippen LogP contribution >= 0.6 is 23.2 Å². The number of nitrogens with zero attached hydrogens (tertiary/aromatic N) is 2. The molecule has 0 aliphatic rings. The molecule has 1 atom stereocenters. The maximum Gasteiger partial charge on any atom is 0.264 e. The number of carbonyl (C=O) groups is 2. The molecule has 0 bridgehead atoms. The number of aryl methyl sites for hydroxylation is 1. The highest BCUT2D eigenvalue weighted by Crippen LogP contribution is 2.30. The Kier molecular flexibility index (Phi) is 10.2. The number of sulfonamides is 1. The summed E-state index contributed by atoms with van der Waals surface area (Å²) in [4.78, 5) is 28.2. The first-order valence-electron chi connectivity index (χ1n) is 12.2. The zero-order valence-electron chi connectivity index (χ0n) is 21.5. The van der Waals surface area contributed by atoms with Crippen LogP contribution < -0.4 is 9.62 Å². The van der Waals surface area contributed by atoms with Gasteiger partial charge in [0.15, 0.2) is 0 Å². The molecule has 10 heteroatoms. The molecular formula is C28H31Cl2N3O4S. The Labute approximate surface area is 234 Å². The number of benzene rings is 3. The zero-order valence-corrected chi connectivity index (χ0v) is 23.9. The predicted molar refractivity (Wildman–Crippen MR) is 152 cm³/mol. The number of hydrogen-bond donors (Lipinski definition) is 1. The van der Waals surface area contributed by atoms with Gasteiger partial charge < -0.3 is 10.2 Å². The number of halogens is 2. The monoisotopic (exact) mass is 575 g/mol. The van der Waals surface area contributed by atoms with E-state index < -0.39 is 28.5 Å². The third kappa shape index (κ3) is 7.07. The molecule has 202 valence electrons. The van der Waals surface area contributed by atoms with Crippen LogP contribution in [0.3, 0.4) is 0 Å². The van der Waals surface area contributed by atoms with Gasteiger partial charge in [-0.1, -0.05) is 72.6 Å². The summed E-state index contributed by atoms with van der Waals surface area (Å²) >= 11 is 12.6. The van der Waals surface area contributed by atoms with Crippen LogP contribution in [0.4, 0.5) is 5.69 Å². The smallest absolute Gasteiger partial charge is 0.264 e. The van der Waals surface area contributed by atoms with Gasteiger partial charge in [-0.2, -0.15) is 0 Å². The van der Waals surface area contributed by atoms with Crippen LogP contribution in [-0.2, 0) is 26.2 Å². The summed E-state index contributed by atoms with van der Waals surface area (Å²) in [7, 11) is -4.16. The van der Waals surface area contributed by atoms with Gasteiger partial charge >= 0.3 is 0 Å². The van der Waals surface area contributed by atoms with Gasteiger partial charge in [-0.3, -0.25) is 13.9 Å². The van der Waals surface area contributed by atoms with E-state index >= 15 is 0 Å². The van der Waals surface area contributed by atoms with Gasteiger partial charge in [0.1, 0.15) is 12.6 Å². The summed E-state index contributed by atoms with van der Waals surface area (Å²) in [6, 6.07) is 18.9.